The van der Waals surface area contributed by atoms with Gasteiger partial charge in [-0.1, -0.05) is 38.1 Å². The Balaban J connectivity index is 3.00. The molecule has 1 atom stereocenters. The van der Waals surface area contributed by atoms with E-state index in [2.05, 4.69) is 0 Å². The molecule has 0 bridgehead atoms. The first-order valence-electron chi connectivity index (χ1n) is 6.28. The molecule has 1 rings (SSSR count). The first-order chi connectivity index (χ1) is 8.07. The van der Waals surface area contributed by atoms with Crippen molar-refractivity contribution in [2.75, 3.05) is 6.54 Å². The summed E-state index contributed by atoms with van der Waals surface area (Å²) in [6.45, 7) is 4.39. The Hall–Kier alpha value is -0.900. The fraction of sp³-hybridized carbons (Fsp3) is 0.571. The maximum Gasteiger partial charge on any atom is 0.0891 e. The van der Waals surface area contributed by atoms with Crippen molar-refractivity contribution in [1.82, 2.24) is 0 Å². The van der Waals surface area contributed by atoms with Gasteiger partial charge in [0.25, 0.3) is 0 Å². The van der Waals surface area contributed by atoms with Gasteiger partial charge in [-0.3, -0.25) is 0 Å². The van der Waals surface area contributed by atoms with Crippen LogP contribution in [0.4, 0.5) is 0 Å². The lowest BCUT2D eigenvalue weighted by Gasteiger charge is -2.26. The zero-order valence-electron chi connectivity index (χ0n) is 10.7. The van der Waals surface area contributed by atoms with Crippen molar-refractivity contribution in [3.8, 4) is 0 Å². The molecule has 0 aromatic heterocycles. The second-order valence-corrected chi connectivity index (χ2v) is 4.46. The summed E-state index contributed by atoms with van der Waals surface area (Å²) in [5.41, 5.74) is 6.34. The van der Waals surface area contributed by atoms with E-state index < -0.39 is 11.7 Å². The minimum Gasteiger partial charge on any atom is -0.388 e. The van der Waals surface area contributed by atoms with Gasteiger partial charge in [0, 0.05) is 0 Å². The predicted molar refractivity (Wildman–Crippen MR) is 69.6 cm³/mol. The molecule has 96 valence electrons. The van der Waals surface area contributed by atoms with E-state index in [9.17, 15) is 10.2 Å². The van der Waals surface area contributed by atoms with Crippen LogP contribution in [-0.2, 0) is 5.60 Å². The Morgan fingerprint density at radius 3 is 2.47 bits per heavy atom. The van der Waals surface area contributed by atoms with E-state index in [4.69, 9.17) is 5.73 Å². The van der Waals surface area contributed by atoms with Crippen LogP contribution in [-0.4, -0.2) is 16.8 Å². The highest BCUT2D eigenvalue weighted by molar-refractivity contribution is 5.29. The van der Waals surface area contributed by atoms with Crippen LogP contribution in [0.15, 0.2) is 24.3 Å². The van der Waals surface area contributed by atoms with Crippen molar-refractivity contribution in [3.05, 3.63) is 35.4 Å². The number of aliphatic hydroxyl groups is 2. The van der Waals surface area contributed by atoms with Gasteiger partial charge in [-0.25, -0.2) is 0 Å². The molecule has 1 aromatic carbocycles. The summed E-state index contributed by atoms with van der Waals surface area (Å²) in [6.07, 6.45) is 1.33. The number of benzene rings is 1. The number of rotatable bonds is 6. The molecule has 0 spiro atoms. The van der Waals surface area contributed by atoms with E-state index in [1.54, 1.807) is 0 Å². The number of hydrogen-bond acceptors (Lipinski definition) is 3. The monoisotopic (exact) mass is 237 g/mol. The standard InChI is InChI=1S/C14H23NO2/c1-3-14(17,4-2)12-7-5-6-11(10-12)13(16)8-9-15/h5-7,10,13,16-17H,3-4,8-9,15H2,1-2H3. The van der Waals surface area contributed by atoms with Gasteiger partial charge in [-0.15, -0.1) is 0 Å². The molecule has 1 aromatic rings. The lowest BCUT2D eigenvalue weighted by Crippen LogP contribution is -2.23. The Bertz CT molecular complexity index is 348. The third-order valence-electron chi connectivity index (χ3n) is 3.42. The fourth-order valence-corrected chi connectivity index (χ4v) is 2.02. The first kappa shape index (κ1) is 14.2. The van der Waals surface area contributed by atoms with E-state index in [1.807, 2.05) is 38.1 Å². The van der Waals surface area contributed by atoms with Crippen molar-refractivity contribution in [2.24, 2.45) is 5.73 Å². The topological polar surface area (TPSA) is 66.5 Å². The molecule has 0 amide bonds. The van der Waals surface area contributed by atoms with Crippen LogP contribution in [0.3, 0.4) is 0 Å². The SMILES string of the molecule is CCC(O)(CC)c1cccc(C(O)CCN)c1. The highest BCUT2D eigenvalue weighted by Gasteiger charge is 2.25. The first-order valence-corrected chi connectivity index (χ1v) is 6.28. The lowest BCUT2D eigenvalue weighted by molar-refractivity contribution is 0.0281. The van der Waals surface area contributed by atoms with Crippen LogP contribution >= 0.6 is 0 Å². The summed E-state index contributed by atoms with van der Waals surface area (Å²) < 4.78 is 0. The van der Waals surface area contributed by atoms with Gasteiger partial charge in [0.1, 0.15) is 0 Å². The molecule has 0 radical (unpaired) electrons. The molecule has 1 unspecified atom stereocenters. The van der Waals surface area contributed by atoms with Crippen LogP contribution in [0.2, 0.25) is 0 Å². The van der Waals surface area contributed by atoms with Crippen molar-refractivity contribution in [3.63, 3.8) is 0 Å². The molecule has 0 saturated carbocycles. The van der Waals surface area contributed by atoms with Crippen LogP contribution in [0, 0.1) is 0 Å². The summed E-state index contributed by atoms with van der Waals surface area (Å²) in [6, 6.07) is 7.54. The van der Waals surface area contributed by atoms with E-state index in [0.29, 0.717) is 25.8 Å². The maximum atomic E-state index is 10.4. The molecule has 17 heavy (non-hydrogen) atoms. The molecule has 0 saturated heterocycles. The van der Waals surface area contributed by atoms with Crippen molar-refractivity contribution >= 4 is 0 Å². The van der Waals surface area contributed by atoms with Gasteiger partial charge >= 0.3 is 0 Å². The molecule has 0 aliphatic heterocycles. The highest BCUT2D eigenvalue weighted by Crippen LogP contribution is 2.30. The summed E-state index contributed by atoms with van der Waals surface area (Å²) >= 11 is 0. The van der Waals surface area contributed by atoms with Crippen molar-refractivity contribution < 1.29 is 10.2 Å². The second kappa shape index (κ2) is 6.15. The molecule has 0 heterocycles. The van der Waals surface area contributed by atoms with Crippen LogP contribution in [0.25, 0.3) is 0 Å². The lowest BCUT2D eigenvalue weighted by atomic mass is 9.87. The minimum atomic E-state index is -0.793. The van der Waals surface area contributed by atoms with Gasteiger partial charge < -0.3 is 15.9 Å². The zero-order valence-corrected chi connectivity index (χ0v) is 10.7. The van der Waals surface area contributed by atoms with Gasteiger partial charge in [-0.05, 0) is 36.9 Å². The Morgan fingerprint density at radius 2 is 1.94 bits per heavy atom. The fourth-order valence-electron chi connectivity index (χ4n) is 2.02. The van der Waals surface area contributed by atoms with E-state index in [-0.39, 0.29) is 0 Å². The van der Waals surface area contributed by atoms with E-state index in [0.717, 1.165) is 11.1 Å². The van der Waals surface area contributed by atoms with Gasteiger partial charge in [0.05, 0.1) is 11.7 Å². The Kier molecular flexibility index (Phi) is 5.12. The molecule has 0 aliphatic carbocycles. The molecule has 0 fully saturated rings. The molecule has 4 N–H and O–H groups in total. The van der Waals surface area contributed by atoms with Gasteiger partial charge in [-0.2, -0.15) is 0 Å². The van der Waals surface area contributed by atoms with Crippen LogP contribution in [0.1, 0.15) is 50.3 Å². The molecule has 3 nitrogen and oxygen atoms in total. The number of nitrogens with two attached hydrogens (primary N) is 1. The summed E-state index contributed by atoms with van der Waals surface area (Å²) in [4.78, 5) is 0. The van der Waals surface area contributed by atoms with E-state index in [1.165, 1.54) is 0 Å². The van der Waals surface area contributed by atoms with Crippen LogP contribution in [0.5, 0.6) is 0 Å². The average molecular weight is 237 g/mol. The van der Waals surface area contributed by atoms with E-state index >= 15 is 0 Å². The normalized spacial score (nSPS) is 13.7. The smallest absolute Gasteiger partial charge is 0.0891 e. The molecule has 0 aliphatic rings. The molecular formula is C14H23NO2. The molecular weight excluding hydrogens is 214 g/mol. The Labute approximate surface area is 103 Å². The summed E-state index contributed by atoms with van der Waals surface area (Å²) in [7, 11) is 0. The highest BCUT2D eigenvalue weighted by atomic mass is 16.3. The molecule has 3 heteroatoms. The van der Waals surface area contributed by atoms with Gasteiger partial charge in [0.2, 0.25) is 0 Å². The summed E-state index contributed by atoms with van der Waals surface area (Å²) in [5, 5.41) is 20.3. The zero-order chi connectivity index (χ0) is 12.9. The van der Waals surface area contributed by atoms with Crippen LogP contribution < -0.4 is 5.73 Å². The second-order valence-electron chi connectivity index (χ2n) is 4.46. The van der Waals surface area contributed by atoms with Crippen molar-refractivity contribution in [2.45, 2.75) is 44.8 Å². The number of hydrogen-bond donors (Lipinski definition) is 3. The third kappa shape index (κ3) is 3.28. The summed E-state index contributed by atoms with van der Waals surface area (Å²) in [5.74, 6) is 0. The maximum absolute atomic E-state index is 10.4. The number of aliphatic hydroxyl groups excluding tert-OH is 1. The third-order valence-corrected chi connectivity index (χ3v) is 3.42. The quantitative estimate of drug-likeness (QED) is 0.709. The van der Waals surface area contributed by atoms with Gasteiger partial charge in [0.15, 0.2) is 0 Å². The minimum absolute atomic E-state index is 0.456. The van der Waals surface area contributed by atoms with Crippen molar-refractivity contribution in [1.29, 1.82) is 0 Å². The Morgan fingerprint density at radius 1 is 1.29 bits per heavy atom. The predicted octanol–water partition coefficient (Wildman–Crippen LogP) is 2.08. The average Bonchev–Trinajstić information content (AvgIpc) is 2.38. The largest absolute Gasteiger partial charge is 0.388 e.